The van der Waals surface area contributed by atoms with Crippen LogP contribution in [0.3, 0.4) is 0 Å². The smallest absolute Gasteiger partial charge is 0.240 e. The Hall–Kier alpha value is -2.33. The molecule has 4 heteroatoms. The lowest BCUT2D eigenvalue weighted by atomic mass is 9.82. The number of nitrogens with two attached hydrogens (primary N) is 1. The number of ether oxygens (including phenoxy) is 1. The summed E-state index contributed by atoms with van der Waals surface area (Å²) in [4.78, 5) is 12.5. The number of hydrogen-bond acceptors (Lipinski definition) is 3. The summed E-state index contributed by atoms with van der Waals surface area (Å²) in [5.74, 6) is 0.989. The van der Waals surface area contributed by atoms with Gasteiger partial charge in [0.2, 0.25) is 5.91 Å². The fraction of sp³-hybridized carbons (Fsp3) is 0.435. The minimum Gasteiger partial charge on any atom is -0.490 e. The van der Waals surface area contributed by atoms with Crippen molar-refractivity contribution in [1.82, 2.24) is 5.32 Å². The molecule has 0 bridgehead atoms. The van der Waals surface area contributed by atoms with E-state index in [-0.39, 0.29) is 12.0 Å². The summed E-state index contributed by atoms with van der Waals surface area (Å²) < 4.78 is 5.78. The number of benzene rings is 2. The van der Waals surface area contributed by atoms with Crippen LogP contribution in [0.25, 0.3) is 11.1 Å². The van der Waals surface area contributed by atoms with Crippen molar-refractivity contribution in [3.05, 3.63) is 53.6 Å². The highest BCUT2D eigenvalue weighted by molar-refractivity contribution is 5.86. The second-order valence-electron chi connectivity index (χ2n) is 8.05. The Kier molecular flexibility index (Phi) is 4.92. The highest BCUT2D eigenvalue weighted by Gasteiger charge is 2.34. The van der Waals surface area contributed by atoms with Crippen LogP contribution in [0.4, 0.5) is 0 Å². The molecular weight excluding hydrogens is 336 g/mol. The molecule has 1 amide bonds. The van der Waals surface area contributed by atoms with E-state index in [1.165, 1.54) is 23.1 Å². The van der Waals surface area contributed by atoms with Gasteiger partial charge in [-0.1, -0.05) is 49.6 Å². The number of nitrogens with one attached hydrogen (secondary N) is 1. The van der Waals surface area contributed by atoms with Gasteiger partial charge in [0.1, 0.15) is 11.9 Å². The summed E-state index contributed by atoms with van der Waals surface area (Å²) in [5, 5.41) is 3.03. The first-order valence-corrected chi connectivity index (χ1v) is 10.00. The molecule has 1 unspecified atom stereocenters. The molecule has 3 N–H and O–H groups in total. The van der Waals surface area contributed by atoms with Gasteiger partial charge in [0, 0.05) is 13.0 Å². The average molecular weight is 364 g/mol. The molecule has 1 aliphatic heterocycles. The molecule has 142 valence electrons. The van der Waals surface area contributed by atoms with E-state index in [1.54, 1.807) is 0 Å². The van der Waals surface area contributed by atoms with Gasteiger partial charge in [-0.3, -0.25) is 4.79 Å². The van der Waals surface area contributed by atoms with Crippen LogP contribution in [0.5, 0.6) is 5.75 Å². The maximum absolute atomic E-state index is 12.5. The molecule has 1 heterocycles. The van der Waals surface area contributed by atoms with E-state index >= 15 is 0 Å². The van der Waals surface area contributed by atoms with Crippen molar-refractivity contribution < 1.29 is 9.53 Å². The van der Waals surface area contributed by atoms with Gasteiger partial charge in [-0.05, 0) is 54.2 Å². The first-order valence-electron chi connectivity index (χ1n) is 10.00. The van der Waals surface area contributed by atoms with E-state index in [2.05, 4.69) is 54.7 Å². The second-order valence-corrected chi connectivity index (χ2v) is 8.05. The standard InChI is InChI=1S/C23H28N2O2/c1-16-13-20-14-19(9-10-21(20)27-16)18-7-5-17(6-8-18)15-25-22(26)23(24)11-3-2-4-12-23/h5-10,14,16H,2-4,11-13,15,24H2,1H3,(H,25,26). The molecule has 2 aliphatic rings. The predicted octanol–water partition coefficient (Wildman–Crippen LogP) is 3.95. The summed E-state index contributed by atoms with van der Waals surface area (Å²) in [5.41, 5.74) is 10.4. The molecule has 0 spiro atoms. The van der Waals surface area contributed by atoms with Gasteiger partial charge < -0.3 is 15.8 Å². The van der Waals surface area contributed by atoms with Crippen LogP contribution in [0.2, 0.25) is 0 Å². The van der Waals surface area contributed by atoms with E-state index in [4.69, 9.17) is 10.5 Å². The number of carbonyl (C=O) groups is 1. The lowest BCUT2D eigenvalue weighted by Gasteiger charge is -2.31. The van der Waals surface area contributed by atoms with Gasteiger partial charge in [0.05, 0.1) is 5.54 Å². The molecule has 2 aromatic carbocycles. The van der Waals surface area contributed by atoms with Gasteiger partial charge in [-0.15, -0.1) is 0 Å². The van der Waals surface area contributed by atoms with E-state index < -0.39 is 5.54 Å². The van der Waals surface area contributed by atoms with E-state index in [1.807, 2.05) is 0 Å². The molecule has 27 heavy (non-hydrogen) atoms. The Morgan fingerprint density at radius 3 is 2.56 bits per heavy atom. The van der Waals surface area contributed by atoms with Crippen LogP contribution >= 0.6 is 0 Å². The molecule has 1 atom stereocenters. The van der Waals surface area contributed by atoms with Crippen molar-refractivity contribution in [2.75, 3.05) is 0 Å². The van der Waals surface area contributed by atoms with Crippen molar-refractivity contribution >= 4 is 5.91 Å². The normalized spacial score (nSPS) is 20.6. The van der Waals surface area contributed by atoms with Crippen molar-refractivity contribution in [2.24, 2.45) is 5.73 Å². The Morgan fingerprint density at radius 2 is 1.81 bits per heavy atom. The molecule has 2 aromatic rings. The lowest BCUT2D eigenvalue weighted by Crippen LogP contribution is -2.54. The Bertz CT molecular complexity index is 823. The highest BCUT2D eigenvalue weighted by atomic mass is 16.5. The first-order chi connectivity index (χ1) is 13.0. The number of fused-ring (bicyclic) bond motifs is 1. The maximum Gasteiger partial charge on any atom is 0.240 e. The Morgan fingerprint density at radius 1 is 1.11 bits per heavy atom. The van der Waals surface area contributed by atoms with Gasteiger partial charge >= 0.3 is 0 Å². The van der Waals surface area contributed by atoms with Crippen molar-refractivity contribution in [1.29, 1.82) is 0 Å². The van der Waals surface area contributed by atoms with Gasteiger partial charge in [-0.2, -0.15) is 0 Å². The summed E-state index contributed by atoms with van der Waals surface area (Å²) in [6.07, 6.45) is 6.08. The third-order valence-electron chi connectivity index (χ3n) is 5.83. The quantitative estimate of drug-likeness (QED) is 0.863. The molecular formula is C23H28N2O2. The van der Waals surface area contributed by atoms with Gasteiger partial charge in [-0.25, -0.2) is 0 Å². The topological polar surface area (TPSA) is 64.4 Å². The maximum atomic E-state index is 12.5. The Labute approximate surface area is 161 Å². The zero-order valence-electron chi connectivity index (χ0n) is 16.0. The molecule has 0 saturated heterocycles. The molecule has 1 aliphatic carbocycles. The third-order valence-corrected chi connectivity index (χ3v) is 5.83. The minimum absolute atomic E-state index is 0.0148. The fourth-order valence-electron chi connectivity index (χ4n) is 4.18. The van der Waals surface area contributed by atoms with E-state index in [0.29, 0.717) is 6.54 Å². The Balaban J connectivity index is 1.39. The molecule has 0 radical (unpaired) electrons. The molecule has 0 aromatic heterocycles. The number of hydrogen-bond donors (Lipinski definition) is 2. The van der Waals surface area contributed by atoms with Crippen LogP contribution in [0, 0.1) is 0 Å². The van der Waals surface area contributed by atoms with Crippen LogP contribution in [0.1, 0.15) is 50.2 Å². The average Bonchev–Trinajstić information content (AvgIpc) is 3.06. The molecule has 4 nitrogen and oxygen atoms in total. The summed E-state index contributed by atoms with van der Waals surface area (Å²) in [6, 6.07) is 14.8. The van der Waals surface area contributed by atoms with Crippen LogP contribution < -0.4 is 15.8 Å². The monoisotopic (exact) mass is 364 g/mol. The van der Waals surface area contributed by atoms with Crippen LogP contribution in [-0.4, -0.2) is 17.6 Å². The van der Waals surface area contributed by atoms with Crippen molar-refractivity contribution in [2.45, 2.75) is 63.6 Å². The molecule has 4 rings (SSSR count). The fourth-order valence-corrected chi connectivity index (χ4v) is 4.18. The zero-order valence-corrected chi connectivity index (χ0v) is 16.0. The summed E-state index contributed by atoms with van der Waals surface area (Å²) in [6.45, 7) is 2.62. The van der Waals surface area contributed by atoms with Crippen molar-refractivity contribution in [3.8, 4) is 16.9 Å². The SMILES string of the molecule is CC1Cc2cc(-c3ccc(CNC(=O)C4(N)CCCCC4)cc3)ccc2O1. The minimum atomic E-state index is -0.679. The van der Waals surface area contributed by atoms with Crippen LogP contribution in [-0.2, 0) is 17.8 Å². The zero-order chi connectivity index (χ0) is 18.9. The molecule has 1 fully saturated rings. The van der Waals surface area contributed by atoms with Gasteiger partial charge in [0.15, 0.2) is 0 Å². The van der Waals surface area contributed by atoms with E-state index in [9.17, 15) is 4.79 Å². The summed E-state index contributed by atoms with van der Waals surface area (Å²) in [7, 11) is 0. The second kappa shape index (κ2) is 7.35. The first kappa shape index (κ1) is 18.1. The number of carbonyl (C=O) groups excluding carboxylic acids is 1. The predicted molar refractivity (Wildman–Crippen MR) is 108 cm³/mol. The highest BCUT2D eigenvalue weighted by Crippen LogP contribution is 2.33. The van der Waals surface area contributed by atoms with Gasteiger partial charge in [0.25, 0.3) is 0 Å². The summed E-state index contributed by atoms with van der Waals surface area (Å²) >= 11 is 0. The number of rotatable bonds is 4. The molecule has 1 saturated carbocycles. The third kappa shape index (κ3) is 3.86. The largest absolute Gasteiger partial charge is 0.490 e. The van der Waals surface area contributed by atoms with E-state index in [0.717, 1.165) is 43.4 Å². The van der Waals surface area contributed by atoms with Crippen molar-refractivity contribution in [3.63, 3.8) is 0 Å². The van der Waals surface area contributed by atoms with Crippen LogP contribution in [0.15, 0.2) is 42.5 Å². The lowest BCUT2D eigenvalue weighted by molar-refractivity contribution is -0.127. The number of amides is 1.